The minimum atomic E-state index is 0.952. The lowest BCUT2D eigenvalue weighted by Gasteiger charge is -2.23. The van der Waals surface area contributed by atoms with Crippen molar-refractivity contribution in [3.63, 3.8) is 0 Å². The molecule has 1 heteroatoms. The van der Waals surface area contributed by atoms with Crippen LogP contribution in [0.4, 0.5) is 0 Å². The third-order valence-corrected chi connectivity index (χ3v) is 5.03. The lowest BCUT2D eigenvalue weighted by atomic mass is 9.92. The van der Waals surface area contributed by atoms with Crippen molar-refractivity contribution in [2.24, 2.45) is 0 Å². The van der Waals surface area contributed by atoms with E-state index in [4.69, 9.17) is 0 Å². The molecule has 0 saturated carbocycles. The average Bonchev–Trinajstić information content (AvgIpc) is 2.73. The Morgan fingerprint density at radius 2 is 1.31 bits per heavy atom. The number of benzene rings is 2. The normalized spacial score (nSPS) is 11.6. The summed E-state index contributed by atoms with van der Waals surface area (Å²) in [5.41, 5.74) is 11.6. The molecule has 0 spiro atoms. The van der Waals surface area contributed by atoms with Crippen LogP contribution in [0, 0.1) is 0 Å². The van der Waals surface area contributed by atoms with E-state index < -0.39 is 0 Å². The predicted molar refractivity (Wildman–Crippen MR) is 128 cm³/mol. The van der Waals surface area contributed by atoms with Crippen molar-refractivity contribution >= 4 is 5.57 Å². The van der Waals surface area contributed by atoms with Gasteiger partial charge in [-0.25, -0.2) is 0 Å². The summed E-state index contributed by atoms with van der Waals surface area (Å²) in [5.74, 6) is 0. The summed E-state index contributed by atoms with van der Waals surface area (Å²) in [7, 11) is 0. The van der Waals surface area contributed by atoms with E-state index in [0.29, 0.717) is 0 Å². The van der Waals surface area contributed by atoms with Gasteiger partial charge in [-0.2, -0.15) is 0 Å². The summed E-state index contributed by atoms with van der Waals surface area (Å²) >= 11 is 0. The topological polar surface area (TPSA) is 3.24 Å². The van der Waals surface area contributed by atoms with Gasteiger partial charge in [-0.1, -0.05) is 85.0 Å². The van der Waals surface area contributed by atoms with Crippen molar-refractivity contribution < 1.29 is 0 Å². The van der Waals surface area contributed by atoms with E-state index in [-0.39, 0.29) is 0 Å². The lowest BCUT2D eigenvalue weighted by molar-refractivity contribution is 0.390. The molecule has 29 heavy (non-hydrogen) atoms. The van der Waals surface area contributed by atoms with Crippen LogP contribution in [0.5, 0.6) is 0 Å². The quantitative estimate of drug-likeness (QED) is 0.339. The monoisotopic (exact) mass is 383 g/mol. The van der Waals surface area contributed by atoms with Crippen molar-refractivity contribution in [1.82, 2.24) is 4.90 Å². The van der Waals surface area contributed by atoms with E-state index in [9.17, 15) is 0 Å². The molecule has 0 N–H and O–H groups in total. The number of hydrogen-bond acceptors (Lipinski definition) is 1. The molecule has 1 nitrogen and oxygen atoms in total. The maximum Gasteiger partial charge on any atom is 0.0823 e. The Morgan fingerprint density at radius 3 is 1.72 bits per heavy atom. The molecule has 0 unspecified atom stereocenters. The predicted octanol–water partition coefficient (Wildman–Crippen LogP) is 7.41. The van der Waals surface area contributed by atoms with E-state index in [1.165, 1.54) is 33.4 Å². The standard InChI is InChI=1S/C28H33N/c1-7-27(29(8-2)9-3)23(5)20-22(4)21-24(6)28(25-16-12-10-13-17-25)26-18-14-11-15-19-26/h10-21H,1,8-9H2,2-6H3/b22-21+,23-20+. The largest absolute Gasteiger partial charge is 0.366 e. The highest BCUT2D eigenvalue weighted by atomic mass is 15.1. The van der Waals surface area contributed by atoms with Gasteiger partial charge >= 0.3 is 0 Å². The average molecular weight is 384 g/mol. The first-order valence-electron chi connectivity index (χ1n) is 10.3. The van der Waals surface area contributed by atoms with Gasteiger partial charge in [0.25, 0.3) is 0 Å². The van der Waals surface area contributed by atoms with Gasteiger partial charge in [-0.05, 0) is 62.5 Å². The molecule has 0 heterocycles. The van der Waals surface area contributed by atoms with Crippen LogP contribution in [0.25, 0.3) is 5.57 Å². The maximum atomic E-state index is 3.90. The molecular weight excluding hydrogens is 350 g/mol. The Morgan fingerprint density at radius 1 is 0.828 bits per heavy atom. The Hall–Kier alpha value is -3.02. The number of allylic oxidation sites excluding steroid dienone is 5. The van der Waals surface area contributed by atoms with Crippen molar-refractivity contribution in [2.75, 3.05) is 13.1 Å². The van der Waals surface area contributed by atoms with Gasteiger partial charge in [-0.3, -0.25) is 0 Å². The van der Waals surface area contributed by atoms with Crippen molar-refractivity contribution in [2.45, 2.75) is 34.6 Å². The van der Waals surface area contributed by atoms with Crippen LogP contribution in [0.3, 0.4) is 0 Å². The Balaban J connectivity index is 2.50. The number of nitrogens with zero attached hydrogens (tertiary/aromatic N) is 1. The zero-order chi connectivity index (χ0) is 21.2. The molecule has 0 fully saturated rings. The van der Waals surface area contributed by atoms with Crippen LogP contribution in [-0.2, 0) is 0 Å². The van der Waals surface area contributed by atoms with Gasteiger partial charge in [0.2, 0.25) is 0 Å². The molecule has 0 bridgehead atoms. The van der Waals surface area contributed by atoms with Crippen LogP contribution in [-0.4, -0.2) is 18.0 Å². The van der Waals surface area contributed by atoms with Gasteiger partial charge in [0.05, 0.1) is 5.70 Å². The van der Waals surface area contributed by atoms with E-state index >= 15 is 0 Å². The molecule has 2 aromatic rings. The fourth-order valence-electron chi connectivity index (χ4n) is 3.74. The zero-order valence-corrected chi connectivity index (χ0v) is 18.5. The summed E-state index contributed by atoms with van der Waals surface area (Å²) < 4.78 is 0. The van der Waals surface area contributed by atoms with E-state index in [2.05, 4.69) is 125 Å². The smallest absolute Gasteiger partial charge is 0.0823 e. The fraction of sp³-hybridized carbons (Fsp3) is 0.250. The van der Waals surface area contributed by atoms with Gasteiger partial charge in [0.1, 0.15) is 0 Å². The van der Waals surface area contributed by atoms with Gasteiger partial charge in [-0.15, -0.1) is 5.73 Å². The molecular formula is C28H33N. The van der Waals surface area contributed by atoms with Crippen molar-refractivity contribution in [3.05, 3.63) is 119 Å². The molecule has 0 saturated heterocycles. The summed E-state index contributed by atoms with van der Waals surface area (Å²) in [4.78, 5) is 2.29. The van der Waals surface area contributed by atoms with Gasteiger partial charge in [0, 0.05) is 13.1 Å². The van der Waals surface area contributed by atoms with Crippen LogP contribution in [0.1, 0.15) is 45.7 Å². The summed E-state index contributed by atoms with van der Waals surface area (Å²) in [6.45, 7) is 16.6. The van der Waals surface area contributed by atoms with Crippen LogP contribution >= 0.6 is 0 Å². The molecule has 0 aliphatic rings. The first-order chi connectivity index (χ1) is 14.0. The third-order valence-electron chi connectivity index (χ3n) is 5.03. The Bertz CT molecular complexity index is 891. The molecule has 0 aliphatic carbocycles. The van der Waals surface area contributed by atoms with Crippen LogP contribution < -0.4 is 0 Å². The Labute approximate surface area is 177 Å². The number of likely N-dealkylation sites (N-methyl/N-ethyl adjacent to an activating group) is 1. The molecule has 0 amide bonds. The molecule has 0 radical (unpaired) electrons. The van der Waals surface area contributed by atoms with Crippen molar-refractivity contribution in [3.8, 4) is 0 Å². The SMILES string of the molecule is C=C=C(/C(C)=C/C(C)=C/C(C)=C(c1ccccc1)c1ccccc1)N(CC)CC. The summed E-state index contributed by atoms with van der Waals surface area (Å²) in [6.07, 6.45) is 4.49. The highest BCUT2D eigenvalue weighted by molar-refractivity contribution is 5.83. The minimum Gasteiger partial charge on any atom is -0.366 e. The molecule has 150 valence electrons. The highest BCUT2D eigenvalue weighted by Gasteiger charge is 2.09. The van der Waals surface area contributed by atoms with Gasteiger partial charge in [0.15, 0.2) is 0 Å². The minimum absolute atomic E-state index is 0.952. The molecule has 2 aromatic carbocycles. The highest BCUT2D eigenvalue weighted by Crippen LogP contribution is 2.28. The second-order valence-corrected chi connectivity index (χ2v) is 7.20. The third kappa shape index (κ3) is 5.98. The summed E-state index contributed by atoms with van der Waals surface area (Å²) in [6, 6.07) is 21.2. The molecule has 2 rings (SSSR count). The van der Waals surface area contributed by atoms with E-state index in [0.717, 1.165) is 18.8 Å². The lowest BCUT2D eigenvalue weighted by Crippen LogP contribution is -2.22. The first kappa shape index (κ1) is 22.3. The van der Waals surface area contributed by atoms with E-state index in [1.807, 2.05) is 0 Å². The Kier molecular flexibility index (Phi) is 8.52. The second-order valence-electron chi connectivity index (χ2n) is 7.20. The van der Waals surface area contributed by atoms with Crippen molar-refractivity contribution in [1.29, 1.82) is 0 Å². The molecule has 0 aliphatic heterocycles. The fourth-order valence-corrected chi connectivity index (χ4v) is 3.74. The van der Waals surface area contributed by atoms with Crippen LogP contribution in [0.2, 0.25) is 0 Å². The molecule has 0 atom stereocenters. The number of hydrogen-bond donors (Lipinski definition) is 0. The van der Waals surface area contributed by atoms with E-state index in [1.54, 1.807) is 0 Å². The van der Waals surface area contributed by atoms with Crippen LogP contribution in [0.15, 0.2) is 108 Å². The van der Waals surface area contributed by atoms with Gasteiger partial charge < -0.3 is 4.90 Å². The first-order valence-corrected chi connectivity index (χ1v) is 10.3. The maximum absolute atomic E-state index is 3.90. The molecule has 0 aromatic heterocycles. The number of rotatable bonds is 8. The summed E-state index contributed by atoms with van der Waals surface area (Å²) in [5, 5.41) is 0. The zero-order valence-electron chi connectivity index (χ0n) is 18.5. The second kappa shape index (κ2) is 11.1.